The van der Waals surface area contributed by atoms with E-state index in [-0.39, 0.29) is 17.8 Å². The van der Waals surface area contributed by atoms with Crippen LogP contribution in [0.2, 0.25) is 0 Å². The average Bonchev–Trinajstić information content (AvgIpc) is 2.86. The van der Waals surface area contributed by atoms with Gasteiger partial charge in [0, 0.05) is 18.5 Å². The summed E-state index contributed by atoms with van der Waals surface area (Å²) < 4.78 is 26.1. The second-order valence-electron chi connectivity index (χ2n) is 5.01. The SMILES string of the molecule is CCN1CC2CC2(c2ccc(F)c(F)c2)C1.Cl. The first-order valence-corrected chi connectivity index (χ1v) is 5.83. The highest BCUT2D eigenvalue weighted by Gasteiger charge is 2.60. The Labute approximate surface area is 106 Å². The summed E-state index contributed by atoms with van der Waals surface area (Å²) in [5.74, 6) is -0.813. The van der Waals surface area contributed by atoms with Gasteiger partial charge in [-0.2, -0.15) is 0 Å². The molecule has 0 spiro atoms. The molecule has 2 aliphatic rings. The third-order valence-corrected chi connectivity index (χ3v) is 4.16. The third kappa shape index (κ3) is 1.85. The number of likely N-dealkylation sites (tertiary alicyclic amines) is 1. The summed E-state index contributed by atoms with van der Waals surface area (Å²) in [6.07, 6.45) is 1.13. The molecule has 2 fully saturated rings. The molecule has 94 valence electrons. The standard InChI is InChI=1S/C13H15F2N.ClH/c1-2-16-7-10-6-13(10,8-16)9-3-4-11(14)12(15)5-9;/h3-5,10H,2,6-8H2,1H3;1H. The molecule has 1 aliphatic heterocycles. The van der Waals surface area contributed by atoms with Crippen molar-refractivity contribution in [3.05, 3.63) is 35.4 Å². The summed E-state index contributed by atoms with van der Waals surface area (Å²) in [7, 11) is 0. The highest BCUT2D eigenvalue weighted by Crippen LogP contribution is 2.58. The predicted octanol–water partition coefficient (Wildman–Crippen LogP) is 2.98. The lowest BCUT2D eigenvalue weighted by molar-refractivity contribution is 0.314. The quantitative estimate of drug-likeness (QED) is 0.789. The van der Waals surface area contributed by atoms with Gasteiger partial charge in [-0.1, -0.05) is 13.0 Å². The zero-order valence-electron chi connectivity index (χ0n) is 9.75. The molecule has 0 radical (unpaired) electrons. The fourth-order valence-corrected chi connectivity index (χ4v) is 3.08. The van der Waals surface area contributed by atoms with Crippen molar-refractivity contribution in [2.45, 2.75) is 18.8 Å². The Hall–Kier alpha value is -0.670. The van der Waals surface area contributed by atoms with E-state index in [4.69, 9.17) is 0 Å². The summed E-state index contributed by atoms with van der Waals surface area (Å²) >= 11 is 0. The van der Waals surface area contributed by atoms with E-state index in [0.29, 0.717) is 5.92 Å². The van der Waals surface area contributed by atoms with Crippen LogP contribution in [0.3, 0.4) is 0 Å². The lowest BCUT2D eigenvalue weighted by Crippen LogP contribution is -2.26. The monoisotopic (exact) mass is 259 g/mol. The van der Waals surface area contributed by atoms with Crippen LogP contribution in [0.15, 0.2) is 18.2 Å². The summed E-state index contributed by atoms with van der Waals surface area (Å²) in [6.45, 7) is 5.29. The first-order valence-electron chi connectivity index (χ1n) is 5.83. The normalized spacial score (nSPS) is 30.9. The molecule has 0 amide bonds. The fraction of sp³-hybridized carbons (Fsp3) is 0.538. The maximum atomic E-state index is 13.2. The predicted molar refractivity (Wildman–Crippen MR) is 65.5 cm³/mol. The smallest absolute Gasteiger partial charge is 0.159 e. The molecule has 1 aromatic rings. The van der Waals surface area contributed by atoms with Gasteiger partial charge in [0.15, 0.2) is 11.6 Å². The van der Waals surface area contributed by atoms with Crippen LogP contribution in [0, 0.1) is 17.6 Å². The Morgan fingerprint density at radius 2 is 2.12 bits per heavy atom. The minimum absolute atomic E-state index is 0. The lowest BCUT2D eigenvalue weighted by atomic mass is 9.95. The average molecular weight is 260 g/mol. The zero-order chi connectivity index (χ0) is 11.3. The molecule has 1 saturated heterocycles. The van der Waals surface area contributed by atoms with Gasteiger partial charge in [-0.25, -0.2) is 8.78 Å². The number of likely N-dealkylation sites (N-methyl/N-ethyl adjacent to an activating group) is 1. The minimum Gasteiger partial charge on any atom is -0.302 e. The van der Waals surface area contributed by atoms with Gasteiger partial charge >= 0.3 is 0 Å². The van der Waals surface area contributed by atoms with Crippen LogP contribution in [0.5, 0.6) is 0 Å². The van der Waals surface area contributed by atoms with Gasteiger partial charge in [-0.05, 0) is 36.6 Å². The van der Waals surface area contributed by atoms with Crippen LogP contribution in [-0.4, -0.2) is 24.5 Å². The fourth-order valence-electron chi connectivity index (χ4n) is 3.08. The molecule has 2 atom stereocenters. The molecule has 0 bridgehead atoms. The molecule has 17 heavy (non-hydrogen) atoms. The highest BCUT2D eigenvalue weighted by atomic mass is 35.5. The van der Waals surface area contributed by atoms with Crippen molar-refractivity contribution in [2.75, 3.05) is 19.6 Å². The van der Waals surface area contributed by atoms with Crippen LogP contribution in [0.1, 0.15) is 18.9 Å². The zero-order valence-corrected chi connectivity index (χ0v) is 10.6. The van der Waals surface area contributed by atoms with Crippen LogP contribution >= 0.6 is 12.4 Å². The Morgan fingerprint density at radius 3 is 2.71 bits per heavy atom. The number of benzene rings is 1. The molecule has 1 saturated carbocycles. The topological polar surface area (TPSA) is 3.24 Å². The number of piperidine rings is 1. The summed E-state index contributed by atoms with van der Waals surface area (Å²) in [5.41, 5.74) is 1.11. The second kappa shape index (κ2) is 4.21. The molecule has 1 nitrogen and oxygen atoms in total. The number of fused-ring (bicyclic) bond motifs is 1. The van der Waals surface area contributed by atoms with E-state index in [0.717, 1.165) is 31.6 Å². The molecule has 1 heterocycles. The summed E-state index contributed by atoms with van der Waals surface area (Å²) in [4.78, 5) is 2.38. The van der Waals surface area contributed by atoms with Crippen LogP contribution in [-0.2, 0) is 5.41 Å². The Morgan fingerprint density at radius 1 is 1.35 bits per heavy atom. The summed E-state index contributed by atoms with van der Waals surface area (Å²) in [5, 5.41) is 0. The molecule has 4 heteroatoms. The third-order valence-electron chi connectivity index (χ3n) is 4.16. The van der Waals surface area contributed by atoms with Crippen LogP contribution < -0.4 is 0 Å². The number of hydrogen-bond acceptors (Lipinski definition) is 1. The number of rotatable bonds is 2. The molecular weight excluding hydrogens is 244 g/mol. The van der Waals surface area contributed by atoms with Gasteiger partial charge in [0.05, 0.1) is 0 Å². The molecule has 3 rings (SSSR count). The second-order valence-corrected chi connectivity index (χ2v) is 5.01. The summed E-state index contributed by atoms with van der Waals surface area (Å²) in [6, 6.07) is 4.38. The van der Waals surface area contributed by atoms with Gasteiger partial charge in [0.2, 0.25) is 0 Å². The molecule has 1 aromatic carbocycles. The van der Waals surface area contributed by atoms with Gasteiger partial charge in [-0.15, -0.1) is 12.4 Å². The van der Waals surface area contributed by atoms with E-state index in [9.17, 15) is 8.78 Å². The first-order chi connectivity index (χ1) is 7.65. The van der Waals surface area contributed by atoms with Crippen LogP contribution in [0.25, 0.3) is 0 Å². The number of hydrogen-bond donors (Lipinski definition) is 0. The van der Waals surface area contributed by atoms with E-state index < -0.39 is 11.6 Å². The Bertz CT molecular complexity index is 437. The van der Waals surface area contributed by atoms with Crippen molar-refractivity contribution in [3.8, 4) is 0 Å². The molecular formula is C13H16ClF2N. The van der Waals surface area contributed by atoms with Crippen molar-refractivity contribution in [3.63, 3.8) is 0 Å². The Balaban J connectivity index is 0.00000108. The maximum absolute atomic E-state index is 13.2. The van der Waals surface area contributed by atoms with Gasteiger partial charge in [0.1, 0.15) is 0 Å². The van der Waals surface area contributed by atoms with Crippen LogP contribution in [0.4, 0.5) is 8.78 Å². The van der Waals surface area contributed by atoms with E-state index in [2.05, 4.69) is 11.8 Å². The van der Waals surface area contributed by atoms with E-state index in [1.807, 2.05) is 0 Å². The van der Waals surface area contributed by atoms with E-state index >= 15 is 0 Å². The highest BCUT2D eigenvalue weighted by molar-refractivity contribution is 5.85. The molecule has 1 aliphatic carbocycles. The van der Waals surface area contributed by atoms with Gasteiger partial charge < -0.3 is 4.90 Å². The molecule has 2 unspecified atom stereocenters. The van der Waals surface area contributed by atoms with Gasteiger partial charge in [-0.3, -0.25) is 0 Å². The number of nitrogens with zero attached hydrogens (tertiary/aromatic N) is 1. The number of halogens is 3. The van der Waals surface area contributed by atoms with Crippen molar-refractivity contribution < 1.29 is 8.78 Å². The van der Waals surface area contributed by atoms with Crippen molar-refractivity contribution in [1.82, 2.24) is 4.90 Å². The molecule has 0 N–H and O–H groups in total. The van der Waals surface area contributed by atoms with Crippen molar-refractivity contribution >= 4 is 12.4 Å². The van der Waals surface area contributed by atoms with Crippen molar-refractivity contribution in [1.29, 1.82) is 0 Å². The van der Waals surface area contributed by atoms with Crippen molar-refractivity contribution in [2.24, 2.45) is 5.92 Å². The minimum atomic E-state index is -0.748. The largest absolute Gasteiger partial charge is 0.302 e. The lowest BCUT2D eigenvalue weighted by Gasteiger charge is -2.19. The Kier molecular flexibility index (Phi) is 3.17. The van der Waals surface area contributed by atoms with E-state index in [1.54, 1.807) is 6.07 Å². The maximum Gasteiger partial charge on any atom is 0.159 e. The first kappa shape index (κ1) is 12.8. The van der Waals surface area contributed by atoms with E-state index in [1.165, 1.54) is 12.1 Å². The van der Waals surface area contributed by atoms with Gasteiger partial charge in [0.25, 0.3) is 0 Å². The molecule has 0 aromatic heterocycles.